The Kier molecular flexibility index (Phi) is 5.27. The number of nitrogens with one attached hydrogen (secondary N) is 1. The van der Waals surface area contributed by atoms with Gasteiger partial charge in [0.1, 0.15) is 11.8 Å². The fourth-order valence-electron chi connectivity index (χ4n) is 3.78. The van der Waals surface area contributed by atoms with Gasteiger partial charge in [-0.1, -0.05) is 23.7 Å². The van der Waals surface area contributed by atoms with Gasteiger partial charge in [-0.15, -0.1) is 0 Å². The first-order chi connectivity index (χ1) is 13.7. The molecular weight excluding hydrogens is 414 g/mol. The molecule has 3 heterocycles. The van der Waals surface area contributed by atoms with Crippen LogP contribution in [0.25, 0.3) is 0 Å². The van der Waals surface area contributed by atoms with E-state index in [4.69, 9.17) is 16.0 Å². The number of furan rings is 1. The molecule has 2 aromatic rings. The lowest BCUT2D eigenvalue weighted by molar-refractivity contribution is -0.132. The normalized spacial score (nSPS) is 25.9. The second-order valence-electron chi connectivity index (χ2n) is 7.78. The van der Waals surface area contributed by atoms with Gasteiger partial charge in [-0.25, -0.2) is 13.4 Å². The predicted molar refractivity (Wildman–Crippen MR) is 111 cm³/mol. The van der Waals surface area contributed by atoms with E-state index in [-0.39, 0.29) is 30.0 Å². The number of amides is 1. The van der Waals surface area contributed by atoms with Gasteiger partial charge in [0.05, 0.1) is 30.0 Å². The average Bonchev–Trinajstić information content (AvgIpc) is 3.39. The van der Waals surface area contributed by atoms with Crippen LogP contribution in [0.2, 0.25) is 5.02 Å². The maximum absolute atomic E-state index is 13.0. The van der Waals surface area contributed by atoms with Crippen molar-refractivity contribution in [1.82, 2.24) is 10.3 Å². The predicted octanol–water partition coefficient (Wildman–Crippen LogP) is 2.78. The number of carbonyl (C=O) groups is 1. The SMILES string of the molecule is CC1(NCC(=O)N2N=C(c3ccc(Cl)cc3)CC2c2ccco2)CCS(=O)(=O)C1. The number of hydrogen-bond acceptors (Lipinski definition) is 6. The lowest BCUT2D eigenvalue weighted by Gasteiger charge is -2.26. The second kappa shape index (κ2) is 7.59. The van der Waals surface area contributed by atoms with E-state index in [2.05, 4.69) is 10.4 Å². The third-order valence-corrected chi connectivity index (χ3v) is 7.54. The Hall–Kier alpha value is -2.16. The molecule has 0 radical (unpaired) electrons. The van der Waals surface area contributed by atoms with Crippen LogP contribution in [0.5, 0.6) is 0 Å². The molecule has 4 rings (SSSR count). The summed E-state index contributed by atoms with van der Waals surface area (Å²) in [6.45, 7) is 1.84. The molecule has 0 spiro atoms. The van der Waals surface area contributed by atoms with Crippen LogP contribution in [0.15, 0.2) is 52.2 Å². The summed E-state index contributed by atoms with van der Waals surface area (Å²) in [6, 6.07) is 10.6. The van der Waals surface area contributed by atoms with Crippen molar-refractivity contribution >= 4 is 33.1 Å². The summed E-state index contributed by atoms with van der Waals surface area (Å²) in [4.78, 5) is 13.0. The highest BCUT2D eigenvalue weighted by Crippen LogP contribution is 2.33. The highest BCUT2D eigenvalue weighted by molar-refractivity contribution is 7.91. The summed E-state index contributed by atoms with van der Waals surface area (Å²) in [5.74, 6) is 0.595. The van der Waals surface area contributed by atoms with Crippen molar-refractivity contribution in [3.63, 3.8) is 0 Å². The molecule has 2 aliphatic rings. The molecular formula is C20H22ClN3O4S. The molecule has 1 amide bonds. The minimum absolute atomic E-state index is 0.000621. The highest BCUT2D eigenvalue weighted by Gasteiger charge is 2.40. The first kappa shape index (κ1) is 20.1. The standard InChI is InChI=1S/C20H22ClN3O4S/c1-20(8-10-29(26,27)13-20)22-12-19(25)24-17(18-3-2-9-28-18)11-16(23-24)14-4-6-15(21)7-5-14/h2-7,9,17,22H,8,10-13H2,1H3. The quantitative estimate of drug-likeness (QED) is 0.779. The average molecular weight is 436 g/mol. The van der Waals surface area contributed by atoms with Gasteiger partial charge >= 0.3 is 0 Å². The number of benzene rings is 1. The number of hydrogen-bond donors (Lipinski definition) is 1. The molecule has 2 unspecified atom stereocenters. The molecule has 29 heavy (non-hydrogen) atoms. The summed E-state index contributed by atoms with van der Waals surface area (Å²) >= 11 is 5.97. The second-order valence-corrected chi connectivity index (χ2v) is 10.4. The minimum atomic E-state index is -3.06. The molecule has 1 aromatic carbocycles. The van der Waals surface area contributed by atoms with Gasteiger partial charge in [0.2, 0.25) is 0 Å². The van der Waals surface area contributed by atoms with Gasteiger partial charge in [0.15, 0.2) is 9.84 Å². The van der Waals surface area contributed by atoms with Gasteiger partial charge in [-0.3, -0.25) is 4.79 Å². The molecule has 9 heteroatoms. The van der Waals surface area contributed by atoms with E-state index in [9.17, 15) is 13.2 Å². The largest absolute Gasteiger partial charge is 0.467 e. The van der Waals surface area contributed by atoms with E-state index in [0.29, 0.717) is 23.6 Å². The van der Waals surface area contributed by atoms with Crippen LogP contribution in [-0.2, 0) is 14.6 Å². The van der Waals surface area contributed by atoms with Crippen LogP contribution in [0, 0.1) is 0 Å². The minimum Gasteiger partial charge on any atom is -0.467 e. The van der Waals surface area contributed by atoms with E-state index < -0.39 is 15.4 Å². The zero-order chi connectivity index (χ0) is 20.6. The molecule has 0 saturated carbocycles. The molecule has 1 fully saturated rings. The summed E-state index contributed by atoms with van der Waals surface area (Å²) in [5, 5.41) is 9.76. The lowest BCUT2D eigenvalue weighted by Crippen LogP contribution is -2.48. The van der Waals surface area contributed by atoms with E-state index in [0.717, 1.165) is 11.3 Å². The zero-order valence-electron chi connectivity index (χ0n) is 16.0. The van der Waals surface area contributed by atoms with Crippen LogP contribution in [0.4, 0.5) is 0 Å². The van der Waals surface area contributed by atoms with Crippen molar-refractivity contribution in [3.8, 4) is 0 Å². The van der Waals surface area contributed by atoms with Crippen molar-refractivity contribution in [2.24, 2.45) is 5.10 Å². The fourth-order valence-corrected chi connectivity index (χ4v) is 6.03. The van der Waals surface area contributed by atoms with E-state index >= 15 is 0 Å². The van der Waals surface area contributed by atoms with Crippen molar-refractivity contribution in [1.29, 1.82) is 0 Å². The summed E-state index contributed by atoms with van der Waals surface area (Å²) in [5.41, 5.74) is 1.06. The molecule has 0 bridgehead atoms. The molecule has 1 saturated heterocycles. The Bertz CT molecular complexity index is 1030. The van der Waals surface area contributed by atoms with Crippen LogP contribution in [-0.4, -0.2) is 48.6 Å². The molecule has 1 N–H and O–H groups in total. The number of carbonyl (C=O) groups excluding carboxylic acids is 1. The Morgan fingerprint density at radius 1 is 1.34 bits per heavy atom. The Morgan fingerprint density at radius 3 is 2.72 bits per heavy atom. The summed E-state index contributed by atoms with van der Waals surface area (Å²) in [7, 11) is -3.06. The fraction of sp³-hybridized carbons (Fsp3) is 0.400. The van der Waals surface area contributed by atoms with E-state index in [1.54, 1.807) is 24.5 Å². The monoisotopic (exact) mass is 435 g/mol. The van der Waals surface area contributed by atoms with Crippen LogP contribution < -0.4 is 5.32 Å². The summed E-state index contributed by atoms with van der Waals surface area (Å²) in [6.07, 6.45) is 2.58. The van der Waals surface area contributed by atoms with Crippen molar-refractivity contribution < 1.29 is 17.6 Å². The number of nitrogens with zero attached hydrogens (tertiary/aromatic N) is 2. The molecule has 0 aliphatic carbocycles. The van der Waals surface area contributed by atoms with Crippen molar-refractivity contribution in [3.05, 3.63) is 59.0 Å². The van der Waals surface area contributed by atoms with Gasteiger partial charge in [0.25, 0.3) is 5.91 Å². The maximum atomic E-state index is 13.0. The number of rotatable bonds is 5. The number of sulfone groups is 1. The number of hydrazone groups is 1. The zero-order valence-corrected chi connectivity index (χ0v) is 17.5. The van der Waals surface area contributed by atoms with Crippen molar-refractivity contribution in [2.75, 3.05) is 18.1 Å². The van der Waals surface area contributed by atoms with Crippen LogP contribution in [0.1, 0.15) is 37.1 Å². The third-order valence-electron chi connectivity index (χ3n) is 5.38. The number of halogens is 1. The van der Waals surface area contributed by atoms with Crippen molar-refractivity contribution in [2.45, 2.75) is 31.3 Å². The lowest BCUT2D eigenvalue weighted by atomic mass is 10.0. The van der Waals surface area contributed by atoms with Gasteiger partial charge in [-0.2, -0.15) is 5.10 Å². The van der Waals surface area contributed by atoms with Gasteiger partial charge in [0, 0.05) is 17.0 Å². The van der Waals surface area contributed by atoms with Gasteiger partial charge in [-0.05, 0) is 43.2 Å². The smallest absolute Gasteiger partial charge is 0.257 e. The first-order valence-electron chi connectivity index (χ1n) is 9.39. The third kappa shape index (κ3) is 4.39. The Morgan fingerprint density at radius 2 is 2.10 bits per heavy atom. The molecule has 1 aromatic heterocycles. The van der Waals surface area contributed by atoms with E-state index in [1.165, 1.54) is 5.01 Å². The molecule has 2 aliphatic heterocycles. The maximum Gasteiger partial charge on any atom is 0.257 e. The summed E-state index contributed by atoms with van der Waals surface area (Å²) < 4.78 is 29.1. The molecule has 154 valence electrons. The van der Waals surface area contributed by atoms with E-state index in [1.807, 2.05) is 25.1 Å². The van der Waals surface area contributed by atoms with Gasteiger partial charge < -0.3 is 9.73 Å². The Balaban J connectivity index is 1.53. The van der Waals surface area contributed by atoms with Crippen LogP contribution in [0.3, 0.4) is 0 Å². The molecule has 2 atom stereocenters. The Labute approximate surface area is 174 Å². The molecule has 7 nitrogen and oxygen atoms in total. The highest BCUT2D eigenvalue weighted by atomic mass is 35.5. The van der Waals surface area contributed by atoms with Crippen LogP contribution >= 0.6 is 11.6 Å². The first-order valence-corrected chi connectivity index (χ1v) is 11.6. The topological polar surface area (TPSA) is 92.0 Å².